The van der Waals surface area contributed by atoms with Crippen LogP contribution in [-0.4, -0.2) is 15.0 Å². The number of hydrogen-bond acceptors (Lipinski definition) is 2. The van der Waals surface area contributed by atoms with Crippen LogP contribution in [0.3, 0.4) is 0 Å². The summed E-state index contributed by atoms with van der Waals surface area (Å²) in [6.45, 7) is 2.07. The average molecular weight is 259 g/mol. The molecule has 3 heteroatoms. The maximum absolute atomic E-state index is 4.75. The predicted molar refractivity (Wildman–Crippen MR) is 81.6 cm³/mol. The molecule has 0 spiro atoms. The number of imidazole rings is 1. The molecule has 0 aliphatic carbocycles. The largest absolute Gasteiger partial charge is 0.337 e. The topological polar surface area (TPSA) is 41.6 Å². The molecule has 0 bridgehead atoms. The zero-order valence-electron chi connectivity index (χ0n) is 11.1. The lowest BCUT2D eigenvalue weighted by atomic mass is 10.1. The highest BCUT2D eigenvalue weighted by Gasteiger charge is 2.10. The van der Waals surface area contributed by atoms with Gasteiger partial charge in [-0.15, -0.1) is 0 Å². The van der Waals surface area contributed by atoms with Gasteiger partial charge < -0.3 is 4.98 Å². The molecule has 20 heavy (non-hydrogen) atoms. The zero-order valence-corrected chi connectivity index (χ0v) is 11.1. The average Bonchev–Trinajstić information content (AvgIpc) is 2.90. The van der Waals surface area contributed by atoms with Gasteiger partial charge in [-0.1, -0.05) is 30.3 Å². The smallest absolute Gasteiger partial charge is 0.157 e. The lowest BCUT2D eigenvalue weighted by Crippen LogP contribution is -1.91. The van der Waals surface area contributed by atoms with Crippen LogP contribution in [0.2, 0.25) is 0 Å². The van der Waals surface area contributed by atoms with Gasteiger partial charge in [0.05, 0.1) is 16.6 Å². The third kappa shape index (κ3) is 1.67. The number of hydrogen-bond donors (Lipinski definition) is 1. The normalized spacial score (nSPS) is 11.2. The Labute approximate surface area is 116 Å². The second-order valence-electron chi connectivity index (χ2n) is 4.95. The summed E-state index contributed by atoms with van der Waals surface area (Å²) in [6.07, 6.45) is 0. The van der Waals surface area contributed by atoms with Crippen LogP contribution in [-0.2, 0) is 0 Å². The Kier molecular flexibility index (Phi) is 2.33. The second-order valence-corrected chi connectivity index (χ2v) is 4.95. The van der Waals surface area contributed by atoms with E-state index >= 15 is 0 Å². The van der Waals surface area contributed by atoms with Crippen LogP contribution in [0.25, 0.3) is 33.5 Å². The van der Waals surface area contributed by atoms with Gasteiger partial charge in [-0.2, -0.15) is 0 Å². The van der Waals surface area contributed by atoms with Crippen molar-refractivity contribution in [3.05, 3.63) is 60.2 Å². The van der Waals surface area contributed by atoms with Crippen LogP contribution >= 0.6 is 0 Å². The van der Waals surface area contributed by atoms with Gasteiger partial charge in [0.2, 0.25) is 0 Å². The number of aryl methyl sites for hydroxylation is 1. The summed E-state index contributed by atoms with van der Waals surface area (Å²) in [7, 11) is 0. The van der Waals surface area contributed by atoms with E-state index in [2.05, 4.69) is 29.0 Å². The van der Waals surface area contributed by atoms with Crippen molar-refractivity contribution in [2.75, 3.05) is 0 Å². The van der Waals surface area contributed by atoms with E-state index < -0.39 is 0 Å². The molecule has 0 amide bonds. The molecule has 4 aromatic rings. The standard InChI is InChI=1S/C17H13N3/c1-11-10-12-6-2-3-7-13(12)18-16(11)17-19-14-8-4-5-9-15(14)20-17/h2-10H,1H3,(H,19,20). The van der Waals surface area contributed by atoms with E-state index in [0.29, 0.717) is 0 Å². The van der Waals surface area contributed by atoms with Crippen molar-refractivity contribution in [2.45, 2.75) is 6.92 Å². The van der Waals surface area contributed by atoms with Crippen LogP contribution in [0, 0.1) is 6.92 Å². The first-order valence-corrected chi connectivity index (χ1v) is 6.63. The summed E-state index contributed by atoms with van der Waals surface area (Å²) in [5, 5.41) is 1.16. The molecular formula is C17H13N3. The predicted octanol–water partition coefficient (Wildman–Crippen LogP) is 4.09. The van der Waals surface area contributed by atoms with E-state index in [1.165, 1.54) is 0 Å². The molecule has 4 rings (SSSR count). The number of rotatable bonds is 1. The molecule has 0 aliphatic rings. The van der Waals surface area contributed by atoms with Crippen LogP contribution in [0.4, 0.5) is 0 Å². The van der Waals surface area contributed by atoms with E-state index in [0.717, 1.165) is 39.0 Å². The SMILES string of the molecule is Cc1cc2ccccc2nc1-c1nc2ccccc2[nH]1. The highest BCUT2D eigenvalue weighted by molar-refractivity contribution is 5.84. The fraction of sp³-hybridized carbons (Fsp3) is 0.0588. The maximum Gasteiger partial charge on any atom is 0.157 e. The summed E-state index contributed by atoms with van der Waals surface area (Å²) in [5.41, 5.74) is 5.05. The first kappa shape index (κ1) is 11.2. The van der Waals surface area contributed by atoms with Crippen molar-refractivity contribution in [1.82, 2.24) is 15.0 Å². The number of nitrogens with zero attached hydrogens (tertiary/aromatic N) is 2. The molecule has 0 saturated carbocycles. The quantitative estimate of drug-likeness (QED) is 0.559. The Bertz CT molecular complexity index is 889. The molecule has 0 fully saturated rings. The molecule has 2 aromatic carbocycles. The molecule has 0 atom stereocenters. The minimum absolute atomic E-state index is 0.828. The first-order chi connectivity index (χ1) is 9.81. The Morgan fingerprint density at radius 1 is 0.850 bits per heavy atom. The van der Waals surface area contributed by atoms with E-state index in [9.17, 15) is 0 Å². The van der Waals surface area contributed by atoms with E-state index in [1.807, 2.05) is 42.5 Å². The summed E-state index contributed by atoms with van der Waals surface area (Å²) >= 11 is 0. The fourth-order valence-corrected chi connectivity index (χ4v) is 2.53. The van der Waals surface area contributed by atoms with Crippen molar-refractivity contribution in [2.24, 2.45) is 0 Å². The Morgan fingerprint density at radius 3 is 2.45 bits per heavy atom. The highest BCUT2D eigenvalue weighted by atomic mass is 14.9. The van der Waals surface area contributed by atoms with E-state index in [4.69, 9.17) is 4.98 Å². The Morgan fingerprint density at radius 2 is 1.60 bits per heavy atom. The van der Waals surface area contributed by atoms with Gasteiger partial charge >= 0.3 is 0 Å². The van der Waals surface area contributed by atoms with Crippen LogP contribution in [0.5, 0.6) is 0 Å². The monoisotopic (exact) mass is 259 g/mol. The number of para-hydroxylation sites is 3. The molecule has 0 radical (unpaired) electrons. The van der Waals surface area contributed by atoms with Gasteiger partial charge in [0.15, 0.2) is 5.82 Å². The molecule has 3 nitrogen and oxygen atoms in total. The molecule has 2 aromatic heterocycles. The van der Waals surface area contributed by atoms with Gasteiger partial charge in [0.1, 0.15) is 5.69 Å². The zero-order chi connectivity index (χ0) is 13.5. The lowest BCUT2D eigenvalue weighted by molar-refractivity contribution is 1.23. The van der Waals surface area contributed by atoms with Gasteiger partial charge in [0, 0.05) is 5.39 Å². The number of pyridine rings is 1. The summed E-state index contributed by atoms with van der Waals surface area (Å²) < 4.78 is 0. The summed E-state index contributed by atoms with van der Waals surface area (Å²) in [6, 6.07) is 18.3. The van der Waals surface area contributed by atoms with E-state index in [1.54, 1.807) is 0 Å². The minimum atomic E-state index is 0.828. The molecule has 1 N–H and O–H groups in total. The molecule has 2 heterocycles. The van der Waals surface area contributed by atoms with E-state index in [-0.39, 0.29) is 0 Å². The summed E-state index contributed by atoms with van der Waals surface area (Å²) in [5.74, 6) is 0.828. The van der Waals surface area contributed by atoms with Crippen LogP contribution in [0.15, 0.2) is 54.6 Å². The Balaban J connectivity index is 1.98. The molecule has 96 valence electrons. The number of benzene rings is 2. The summed E-state index contributed by atoms with van der Waals surface area (Å²) in [4.78, 5) is 12.7. The maximum atomic E-state index is 4.75. The third-order valence-corrected chi connectivity index (χ3v) is 3.53. The fourth-order valence-electron chi connectivity index (χ4n) is 2.53. The van der Waals surface area contributed by atoms with Gasteiger partial charge in [0.25, 0.3) is 0 Å². The number of aromatic nitrogens is 3. The van der Waals surface area contributed by atoms with Crippen LogP contribution in [0.1, 0.15) is 5.56 Å². The second kappa shape index (κ2) is 4.17. The molecule has 0 aliphatic heterocycles. The van der Waals surface area contributed by atoms with Crippen molar-refractivity contribution in [3.63, 3.8) is 0 Å². The van der Waals surface area contributed by atoms with Gasteiger partial charge in [-0.25, -0.2) is 9.97 Å². The van der Waals surface area contributed by atoms with Gasteiger partial charge in [-0.3, -0.25) is 0 Å². The molecule has 0 unspecified atom stereocenters. The van der Waals surface area contributed by atoms with Crippen molar-refractivity contribution in [1.29, 1.82) is 0 Å². The third-order valence-electron chi connectivity index (χ3n) is 3.53. The molecular weight excluding hydrogens is 246 g/mol. The first-order valence-electron chi connectivity index (χ1n) is 6.63. The number of fused-ring (bicyclic) bond motifs is 2. The Hall–Kier alpha value is -2.68. The number of H-pyrrole nitrogens is 1. The molecule has 0 saturated heterocycles. The van der Waals surface area contributed by atoms with Crippen molar-refractivity contribution < 1.29 is 0 Å². The van der Waals surface area contributed by atoms with Crippen molar-refractivity contribution in [3.8, 4) is 11.5 Å². The van der Waals surface area contributed by atoms with Crippen LogP contribution < -0.4 is 0 Å². The number of nitrogens with one attached hydrogen (secondary N) is 1. The number of aromatic amines is 1. The minimum Gasteiger partial charge on any atom is -0.337 e. The van der Waals surface area contributed by atoms with Gasteiger partial charge in [-0.05, 0) is 36.8 Å². The van der Waals surface area contributed by atoms with Crippen molar-refractivity contribution >= 4 is 21.9 Å². The highest BCUT2D eigenvalue weighted by Crippen LogP contribution is 2.24. The lowest BCUT2D eigenvalue weighted by Gasteiger charge is -2.04.